The number of carbonyl (C=O) groups is 1. The normalized spacial score (nSPS) is 16.3. The van der Waals surface area contributed by atoms with E-state index in [0.717, 1.165) is 44.2 Å². The number of methoxy groups -OCH3 is 1. The fourth-order valence-electron chi connectivity index (χ4n) is 2.19. The molecule has 0 amide bonds. The van der Waals surface area contributed by atoms with Crippen LogP contribution in [0.1, 0.15) is 11.4 Å². The van der Waals surface area contributed by atoms with E-state index in [1.165, 1.54) is 7.11 Å². The Hall–Kier alpha value is -1.25. The molecule has 2 heterocycles. The van der Waals surface area contributed by atoms with Gasteiger partial charge in [-0.1, -0.05) is 0 Å². The second kappa shape index (κ2) is 8.26. The van der Waals surface area contributed by atoms with Gasteiger partial charge in [-0.25, -0.2) is 4.98 Å². The predicted molar refractivity (Wildman–Crippen MR) is 86.2 cm³/mol. The molecule has 8 heteroatoms. The molecule has 6 nitrogen and oxygen atoms in total. The van der Waals surface area contributed by atoms with E-state index >= 15 is 0 Å². The summed E-state index contributed by atoms with van der Waals surface area (Å²) in [6.45, 7) is 4.76. The SMILES string of the molecule is COC(=O)CNC(=S)N1CCCN(Cc2nccs2)CC1. The zero-order valence-corrected chi connectivity index (χ0v) is 13.7. The van der Waals surface area contributed by atoms with Crippen molar-refractivity contribution in [2.75, 3.05) is 39.8 Å². The Balaban J connectivity index is 1.77. The summed E-state index contributed by atoms with van der Waals surface area (Å²) in [5, 5.41) is 6.72. The number of carbonyl (C=O) groups excluding carboxylic acids is 1. The number of nitrogens with one attached hydrogen (secondary N) is 1. The summed E-state index contributed by atoms with van der Waals surface area (Å²) in [6.07, 6.45) is 2.89. The summed E-state index contributed by atoms with van der Waals surface area (Å²) in [5.74, 6) is -0.308. The lowest BCUT2D eigenvalue weighted by Gasteiger charge is -2.24. The second-order valence-electron chi connectivity index (χ2n) is 4.78. The molecule has 0 atom stereocenters. The Labute approximate surface area is 134 Å². The van der Waals surface area contributed by atoms with Crippen molar-refractivity contribution in [3.8, 4) is 0 Å². The van der Waals surface area contributed by atoms with Crippen LogP contribution in [0.2, 0.25) is 0 Å². The molecule has 1 N–H and O–H groups in total. The molecule has 21 heavy (non-hydrogen) atoms. The molecule has 1 aliphatic rings. The molecule has 1 aromatic heterocycles. The fourth-order valence-corrected chi connectivity index (χ4v) is 3.10. The lowest BCUT2D eigenvalue weighted by Crippen LogP contribution is -2.43. The molecule has 2 rings (SSSR count). The Morgan fingerprint density at radius 3 is 3.05 bits per heavy atom. The first-order valence-electron chi connectivity index (χ1n) is 6.89. The van der Waals surface area contributed by atoms with Crippen molar-refractivity contribution in [1.82, 2.24) is 20.1 Å². The lowest BCUT2D eigenvalue weighted by molar-refractivity contribution is -0.139. The molecule has 0 aromatic carbocycles. The van der Waals surface area contributed by atoms with E-state index in [-0.39, 0.29) is 12.5 Å². The van der Waals surface area contributed by atoms with Gasteiger partial charge in [-0.3, -0.25) is 9.69 Å². The lowest BCUT2D eigenvalue weighted by atomic mass is 10.4. The van der Waals surface area contributed by atoms with Gasteiger partial charge >= 0.3 is 5.97 Å². The molecule has 0 aliphatic carbocycles. The third kappa shape index (κ3) is 5.22. The molecule has 116 valence electrons. The molecule has 0 bridgehead atoms. The van der Waals surface area contributed by atoms with Crippen LogP contribution in [-0.2, 0) is 16.1 Å². The average Bonchev–Trinajstić information content (AvgIpc) is 2.89. The van der Waals surface area contributed by atoms with Crippen molar-refractivity contribution in [1.29, 1.82) is 0 Å². The quantitative estimate of drug-likeness (QED) is 0.645. The van der Waals surface area contributed by atoms with Crippen LogP contribution in [0.4, 0.5) is 0 Å². The van der Waals surface area contributed by atoms with Gasteiger partial charge in [-0.15, -0.1) is 11.3 Å². The fraction of sp³-hybridized carbons (Fsp3) is 0.615. The molecular weight excluding hydrogens is 308 g/mol. The first-order valence-corrected chi connectivity index (χ1v) is 8.18. The van der Waals surface area contributed by atoms with Crippen LogP contribution >= 0.6 is 23.6 Å². The van der Waals surface area contributed by atoms with Gasteiger partial charge in [0, 0.05) is 37.8 Å². The number of ether oxygens (including phenoxy) is 1. The maximum absolute atomic E-state index is 11.1. The molecule has 1 aromatic rings. The van der Waals surface area contributed by atoms with E-state index in [0.29, 0.717) is 5.11 Å². The van der Waals surface area contributed by atoms with Crippen molar-refractivity contribution in [3.63, 3.8) is 0 Å². The zero-order valence-electron chi connectivity index (χ0n) is 12.1. The van der Waals surface area contributed by atoms with Crippen LogP contribution in [0.5, 0.6) is 0 Å². The minimum absolute atomic E-state index is 0.120. The Kier molecular flexibility index (Phi) is 6.34. The molecule has 0 spiro atoms. The van der Waals surface area contributed by atoms with Gasteiger partial charge in [0.15, 0.2) is 5.11 Å². The topological polar surface area (TPSA) is 57.7 Å². The first kappa shape index (κ1) is 16.1. The van der Waals surface area contributed by atoms with Crippen molar-refractivity contribution < 1.29 is 9.53 Å². The Morgan fingerprint density at radius 2 is 2.33 bits per heavy atom. The summed E-state index contributed by atoms with van der Waals surface area (Å²) in [5.41, 5.74) is 0. The number of thiazole rings is 1. The summed E-state index contributed by atoms with van der Waals surface area (Å²) >= 11 is 7.02. The molecule has 1 saturated heterocycles. The highest BCUT2D eigenvalue weighted by atomic mass is 32.1. The van der Waals surface area contributed by atoms with Gasteiger partial charge in [-0.2, -0.15) is 0 Å². The number of nitrogens with zero attached hydrogens (tertiary/aromatic N) is 3. The van der Waals surface area contributed by atoms with Crippen LogP contribution in [0, 0.1) is 0 Å². The molecular formula is C13H20N4O2S2. The van der Waals surface area contributed by atoms with E-state index in [2.05, 4.69) is 24.8 Å². The molecule has 1 aliphatic heterocycles. The van der Waals surface area contributed by atoms with Gasteiger partial charge in [0.2, 0.25) is 0 Å². The second-order valence-corrected chi connectivity index (χ2v) is 6.14. The van der Waals surface area contributed by atoms with Crippen LogP contribution in [0.15, 0.2) is 11.6 Å². The molecule has 0 radical (unpaired) electrons. The maximum atomic E-state index is 11.1. The predicted octanol–water partition coefficient (Wildman–Crippen LogP) is 0.698. The third-order valence-electron chi connectivity index (χ3n) is 3.33. The molecule has 0 saturated carbocycles. The number of hydrogen-bond donors (Lipinski definition) is 1. The highest BCUT2D eigenvalue weighted by molar-refractivity contribution is 7.80. The Bertz CT molecular complexity index is 467. The van der Waals surface area contributed by atoms with E-state index in [4.69, 9.17) is 12.2 Å². The number of hydrogen-bond acceptors (Lipinski definition) is 6. The molecule has 1 fully saturated rings. The summed E-state index contributed by atoms with van der Waals surface area (Å²) < 4.78 is 4.59. The highest BCUT2D eigenvalue weighted by Gasteiger charge is 2.17. The maximum Gasteiger partial charge on any atom is 0.325 e. The van der Waals surface area contributed by atoms with E-state index in [1.54, 1.807) is 11.3 Å². The van der Waals surface area contributed by atoms with Crippen LogP contribution < -0.4 is 5.32 Å². The number of rotatable bonds is 4. The van der Waals surface area contributed by atoms with Gasteiger partial charge < -0.3 is 15.0 Å². The highest BCUT2D eigenvalue weighted by Crippen LogP contribution is 2.11. The van der Waals surface area contributed by atoms with Gasteiger partial charge in [0.1, 0.15) is 11.6 Å². The zero-order chi connectivity index (χ0) is 15.1. The number of aromatic nitrogens is 1. The standard InChI is InChI=1S/C13H20N4O2S2/c1-19-12(18)9-15-13(20)17-5-2-4-16(6-7-17)10-11-14-3-8-21-11/h3,8H,2,4-7,9-10H2,1H3,(H,15,20). The summed E-state index contributed by atoms with van der Waals surface area (Å²) in [4.78, 5) is 19.9. The van der Waals surface area contributed by atoms with Crippen molar-refractivity contribution >= 4 is 34.6 Å². The Morgan fingerprint density at radius 1 is 1.48 bits per heavy atom. The van der Waals surface area contributed by atoms with Crippen LogP contribution in [-0.4, -0.2) is 65.7 Å². The largest absolute Gasteiger partial charge is 0.468 e. The summed E-state index contributed by atoms with van der Waals surface area (Å²) in [7, 11) is 1.37. The van der Waals surface area contributed by atoms with Crippen LogP contribution in [0.3, 0.4) is 0 Å². The molecule has 0 unspecified atom stereocenters. The monoisotopic (exact) mass is 328 g/mol. The van der Waals surface area contributed by atoms with Crippen LogP contribution in [0.25, 0.3) is 0 Å². The van der Waals surface area contributed by atoms with Crippen molar-refractivity contribution in [3.05, 3.63) is 16.6 Å². The third-order valence-corrected chi connectivity index (χ3v) is 4.50. The van der Waals surface area contributed by atoms with E-state index in [9.17, 15) is 4.79 Å². The number of thiocarbonyl (C=S) groups is 1. The van der Waals surface area contributed by atoms with E-state index in [1.807, 2.05) is 11.6 Å². The van der Waals surface area contributed by atoms with Crippen molar-refractivity contribution in [2.45, 2.75) is 13.0 Å². The first-order chi connectivity index (χ1) is 10.2. The van der Waals surface area contributed by atoms with E-state index < -0.39 is 0 Å². The van der Waals surface area contributed by atoms with Gasteiger partial charge in [-0.05, 0) is 18.6 Å². The van der Waals surface area contributed by atoms with Crippen molar-refractivity contribution in [2.24, 2.45) is 0 Å². The number of esters is 1. The minimum Gasteiger partial charge on any atom is -0.468 e. The smallest absolute Gasteiger partial charge is 0.325 e. The summed E-state index contributed by atoms with van der Waals surface area (Å²) in [6, 6.07) is 0. The average molecular weight is 328 g/mol. The minimum atomic E-state index is -0.308. The van der Waals surface area contributed by atoms with Gasteiger partial charge in [0.25, 0.3) is 0 Å². The van der Waals surface area contributed by atoms with Gasteiger partial charge in [0.05, 0.1) is 13.7 Å².